The smallest absolute Gasteiger partial charge is 0.246 e. The van der Waals surface area contributed by atoms with Gasteiger partial charge in [-0.15, -0.1) is 0 Å². The van der Waals surface area contributed by atoms with Gasteiger partial charge in [0.25, 0.3) is 0 Å². The molecule has 1 saturated carbocycles. The monoisotopic (exact) mass is 238 g/mol. The molecule has 96 valence electrons. The van der Waals surface area contributed by atoms with Gasteiger partial charge < -0.3 is 5.32 Å². The molecule has 0 radical (unpaired) electrons. The summed E-state index contributed by atoms with van der Waals surface area (Å²) in [6.07, 6.45) is 5.10. The van der Waals surface area contributed by atoms with Crippen LogP contribution in [0.25, 0.3) is 0 Å². The number of rotatable bonds is 2. The molecular weight excluding hydrogens is 216 g/mol. The lowest BCUT2D eigenvalue weighted by Gasteiger charge is -2.40. The van der Waals surface area contributed by atoms with Gasteiger partial charge in [0.2, 0.25) is 11.8 Å². The Balaban J connectivity index is 2.01. The number of hydrogen-bond acceptors (Lipinski definition) is 3. The standard InChI is InChI=1S/C13H22N2O2/c1-13(2)7-5-4-6-10(13)14-9-8-11(16)15(3)12(9)17/h9-10,14H,4-8H2,1-3H3. The highest BCUT2D eigenvalue weighted by molar-refractivity contribution is 6.05. The van der Waals surface area contributed by atoms with Gasteiger partial charge in [-0.3, -0.25) is 14.5 Å². The third kappa shape index (κ3) is 2.37. The van der Waals surface area contributed by atoms with E-state index in [1.54, 1.807) is 7.05 Å². The second-order valence-corrected chi connectivity index (χ2v) is 6.00. The normalized spacial score (nSPS) is 33.2. The van der Waals surface area contributed by atoms with Crippen molar-refractivity contribution in [3.63, 3.8) is 0 Å². The fourth-order valence-corrected chi connectivity index (χ4v) is 2.93. The number of likely N-dealkylation sites (N-methyl/N-ethyl adjacent to an activating group) is 1. The Morgan fingerprint density at radius 1 is 1.29 bits per heavy atom. The predicted molar refractivity (Wildman–Crippen MR) is 65.4 cm³/mol. The van der Waals surface area contributed by atoms with E-state index in [2.05, 4.69) is 19.2 Å². The first-order valence-corrected chi connectivity index (χ1v) is 6.48. The molecule has 0 bridgehead atoms. The topological polar surface area (TPSA) is 49.4 Å². The third-order valence-electron chi connectivity index (χ3n) is 4.29. The second-order valence-electron chi connectivity index (χ2n) is 6.00. The van der Waals surface area contributed by atoms with E-state index < -0.39 is 0 Å². The minimum absolute atomic E-state index is 0.0684. The fourth-order valence-electron chi connectivity index (χ4n) is 2.93. The minimum Gasteiger partial charge on any atom is -0.302 e. The van der Waals surface area contributed by atoms with Crippen molar-refractivity contribution in [1.82, 2.24) is 10.2 Å². The van der Waals surface area contributed by atoms with E-state index in [0.717, 1.165) is 6.42 Å². The van der Waals surface area contributed by atoms with Gasteiger partial charge >= 0.3 is 0 Å². The van der Waals surface area contributed by atoms with Gasteiger partial charge in [-0.1, -0.05) is 26.7 Å². The molecule has 1 aliphatic heterocycles. The molecule has 4 nitrogen and oxygen atoms in total. The zero-order chi connectivity index (χ0) is 12.6. The molecule has 4 heteroatoms. The van der Waals surface area contributed by atoms with E-state index in [4.69, 9.17) is 0 Å². The maximum absolute atomic E-state index is 11.8. The van der Waals surface area contributed by atoms with Crippen molar-refractivity contribution in [2.45, 2.75) is 58.0 Å². The lowest BCUT2D eigenvalue weighted by Crippen LogP contribution is -2.50. The Morgan fingerprint density at radius 2 is 2.00 bits per heavy atom. The van der Waals surface area contributed by atoms with Crippen molar-refractivity contribution in [3.8, 4) is 0 Å². The number of carbonyl (C=O) groups is 2. The van der Waals surface area contributed by atoms with Crippen molar-refractivity contribution < 1.29 is 9.59 Å². The molecule has 2 unspecified atom stereocenters. The number of imide groups is 1. The molecule has 0 aromatic heterocycles. The van der Waals surface area contributed by atoms with Crippen LogP contribution in [0.3, 0.4) is 0 Å². The summed E-state index contributed by atoms with van der Waals surface area (Å²) < 4.78 is 0. The predicted octanol–water partition coefficient (Wildman–Crippen LogP) is 1.30. The molecule has 2 rings (SSSR count). The molecule has 0 aromatic carbocycles. The van der Waals surface area contributed by atoms with Gasteiger partial charge in [0.05, 0.1) is 12.5 Å². The molecular formula is C13H22N2O2. The Labute approximate surface area is 103 Å². The first kappa shape index (κ1) is 12.6. The molecule has 1 saturated heterocycles. The molecule has 1 N–H and O–H groups in total. The van der Waals surface area contributed by atoms with Crippen molar-refractivity contribution in [3.05, 3.63) is 0 Å². The van der Waals surface area contributed by atoms with Crippen LogP contribution in [-0.4, -0.2) is 35.8 Å². The highest BCUT2D eigenvalue weighted by Crippen LogP contribution is 2.36. The summed E-state index contributed by atoms with van der Waals surface area (Å²) in [4.78, 5) is 24.5. The van der Waals surface area contributed by atoms with Crippen molar-refractivity contribution in [2.75, 3.05) is 7.05 Å². The largest absolute Gasteiger partial charge is 0.302 e. The highest BCUT2D eigenvalue weighted by Gasteiger charge is 2.40. The summed E-state index contributed by atoms with van der Waals surface area (Å²) in [5.74, 6) is -0.141. The number of nitrogens with one attached hydrogen (secondary N) is 1. The molecule has 1 heterocycles. The summed E-state index contributed by atoms with van der Waals surface area (Å²) in [5.41, 5.74) is 0.225. The van der Waals surface area contributed by atoms with E-state index in [1.807, 2.05) is 0 Å². The zero-order valence-corrected chi connectivity index (χ0v) is 11.0. The lowest BCUT2D eigenvalue weighted by atomic mass is 9.73. The molecule has 2 fully saturated rings. The van der Waals surface area contributed by atoms with E-state index in [9.17, 15) is 9.59 Å². The Bertz CT molecular complexity index is 338. The van der Waals surface area contributed by atoms with Gasteiger partial charge in [-0.25, -0.2) is 0 Å². The van der Waals surface area contributed by atoms with E-state index in [0.29, 0.717) is 12.5 Å². The van der Waals surface area contributed by atoms with Gasteiger partial charge in [0.15, 0.2) is 0 Å². The number of hydrogen-bond donors (Lipinski definition) is 1. The van der Waals surface area contributed by atoms with Crippen LogP contribution in [0.5, 0.6) is 0 Å². The summed E-state index contributed by atoms with van der Waals surface area (Å²) in [5, 5.41) is 3.41. The Hall–Kier alpha value is -0.900. The SMILES string of the molecule is CN1C(=O)CC(NC2CCCCC2(C)C)C1=O. The quantitative estimate of drug-likeness (QED) is 0.738. The summed E-state index contributed by atoms with van der Waals surface area (Å²) in [7, 11) is 1.57. The van der Waals surface area contributed by atoms with Crippen LogP contribution in [0.15, 0.2) is 0 Å². The first-order chi connectivity index (χ1) is 7.92. The molecule has 2 amide bonds. The van der Waals surface area contributed by atoms with Crippen molar-refractivity contribution >= 4 is 11.8 Å². The van der Waals surface area contributed by atoms with Gasteiger partial charge in [0.1, 0.15) is 0 Å². The second kappa shape index (κ2) is 4.41. The van der Waals surface area contributed by atoms with Crippen LogP contribution in [-0.2, 0) is 9.59 Å². The summed E-state index contributed by atoms with van der Waals surface area (Å²) in [6.45, 7) is 4.49. The maximum atomic E-state index is 11.8. The zero-order valence-electron chi connectivity index (χ0n) is 11.0. The van der Waals surface area contributed by atoms with E-state index in [1.165, 1.54) is 24.2 Å². The first-order valence-electron chi connectivity index (χ1n) is 6.48. The van der Waals surface area contributed by atoms with Crippen molar-refractivity contribution in [2.24, 2.45) is 5.41 Å². The molecule has 0 aromatic rings. The van der Waals surface area contributed by atoms with Crippen LogP contribution in [0.4, 0.5) is 0 Å². The number of amides is 2. The van der Waals surface area contributed by atoms with Crippen LogP contribution in [0.1, 0.15) is 46.0 Å². The Kier molecular flexibility index (Phi) is 3.25. The summed E-state index contributed by atoms with van der Waals surface area (Å²) >= 11 is 0. The van der Waals surface area contributed by atoms with Gasteiger partial charge in [-0.2, -0.15) is 0 Å². The van der Waals surface area contributed by atoms with Gasteiger partial charge in [-0.05, 0) is 18.3 Å². The van der Waals surface area contributed by atoms with E-state index >= 15 is 0 Å². The molecule has 0 spiro atoms. The van der Waals surface area contributed by atoms with Crippen molar-refractivity contribution in [1.29, 1.82) is 0 Å². The average molecular weight is 238 g/mol. The average Bonchev–Trinajstić information content (AvgIpc) is 2.49. The van der Waals surface area contributed by atoms with Gasteiger partial charge in [0, 0.05) is 13.1 Å². The Morgan fingerprint density at radius 3 is 2.53 bits per heavy atom. The lowest BCUT2D eigenvalue weighted by molar-refractivity contribution is -0.137. The number of likely N-dealkylation sites (tertiary alicyclic amines) is 1. The number of nitrogens with zero attached hydrogens (tertiary/aromatic N) is 1. The molecule has 2 atom stereocenters. The molecule has 17 heavy (non-hydrogen) atoms. The third-order valence-corrected chi connectivity index (χ3v) is 4.29. The van der Waals surface area contributed by atoms with Crippen LogP contribution >= 0.6 is 0 Å². The van der Waals surface area contributed by atoms with Crippen LogP contribution < -0.4 is 5.32 Å². The molecule has 1 aliphatic carbocycles. The van der Waals surface area contributed by atoms with Crippen LogP contribution in [0.2, 0.25) is 0 Å². The minimum atomic E-state index is -0.296. The van der Waals surface area contributed by atoms with Crippen LogP contribution in [0, 0.1) is 5.41 Å². The van der Waals surface area contributed by atoms with E-state index in [-0.39, 0.29) is 23.3 Å². The highest BCUT2D eigenvalue weighted by atomic mass is 16.2. The number of carbonyl (C=O) groups excluding carboxylic acids is 2. The maximum Gasteiger partial charge on any atom is 0.246 e. The summed E-state index contributed by atoms with van der Waals surface area (Å²) in [6, 6.07) is 0.0550. The molecule has 2 aliphatic rings. The fraction of sp³-hybridized carbons (Fsp3) is 0.846.